The molecule has 2 aromatic heterocycles. The summed E-state index contributed by atoms with van der Waals surface area (Å²) in [4.78, 5) is 28.6. The van der Waals surface area contributed by atoms with Crippen molar-refractivity contribution in [3.63, 3.8) is 0 Å². The van der Waals surface area contributed by atoms with Gasteiger partial charge in [-0.3, -0.25) is 14.9 Å². The molecule has 0 spiro atoms. The van der Waals surface area contributed by atoms with Crippen LogP contribution in [-0.2, 0) is 16.1 Å². The Kier molecular flexibility index (Phi) is 6.61. The standard InChI is InChI=1S/C22H29N5O3/c28-21(15-7-3-1-2-4-8-15)25-20-13-19(26-27-20)16-11-18(12-16)30-22(29)24-14-17-9-5-6-10-23-17/h5-6,9-10,13,15-16,18H,1-4,7-8,11-12,14H2,(H,24,29)(H2,25,26,27,28). The molecular weight excluding hydrogens is 382 g/mol. The average molecular weight is 412 g/mol. The lowest BCUT2D eigenvalue weighted by atomic mass is 9.80. The van der Waals surface area contributed by atoms with Crippen molar-refractivity contribution in [1.29, 1.82) is 0 Å². The fraction of sp³-hybridized carbons (Fsp3) is 0.545. The predicted molar refractivity (Wildman–Crippen MR) is 112 cm³/mol. The number of nitrogens with zero attached hydrogens (tertiary/aromatic N) is 2. The van der Waals surface area contributed by atoms with Crippen LogP contribution in [0, 0.1) is 5.92 Å². The number of aromatic nitrogens is 3. The molecule has 4 rings (SSSR count). The number of carbonyl (C=O) groups excluding carboxylic acids is 2. The van der Waals surface area contributed by atoms with Gasteiger partial charge in [0, 0.05) is 29.8 Å². The molecule has 0 bridgehead atoms. The van der Waals surface area contributed by atoms with Crippen LogP contribution in [0.15, 0.2) is 30.5 Å². The summed E-state index contributed by atoms with van der Waals surface area (Å²) in [6.45, 7) is 0.348. The Morgan fingerprint density at radius 3 is 2.67 bits per heavy atom. The number of H-pyrrole nitrogens is 1. The van der Waals surface area contributed by atoms with Crippen molar-refractivity contribution in [2.45, 2.75) is 69.9 Å². The molecule has 2 saturated carbocycles. The maximum absolute atomic E-state index is 12.5. The molecule has 2 aliphatic carbocycles. The quantitative estimate of drug-likeness (QED) is 0.625. The predicted octanol–water partition coefficient (Wildman–Crippen LogP) is 3.89. The second-order valence-electron chi connectivity index (χ2n) is 8.26. The van der Waals surface area contributed by atoms with E-state index in [1.165, 1.54) is 12.8 Å². The number of alkyl carbamates (subject to hydrolysis) is 1. The normalized spacial score (nSPS) is 21.9. The highest BCUT2D eigenvalue weighted by Crippen LogP contribution is 2.38. The van der Waals surface area contributed by atoms with Gasteiger partial charge in [0.1, 0.15) is 6.10 Å². The van der Waals surface area contributed by atoms with Gasteiger partial charge in [-0.25, -0.2) is 4.79 Å². The molecule has 8 heteroatoms. The third kappa shape index (κ3) is 5.37. The van der Waals surface area contributed by atoms with Gasteiger partial charge >= 0.3 is 6.09 Å². The zero-order valence-electron chi connectivity index (χ0n) is 17.1. The van der Waals surface area contributed by atoms with Crippen LogP contribution in [0.25, 0.3) is 0 Å². The largest absolute Gasteiger partial charge is 0.446 e. The number of hydrogen-bond acceptors (Lipinski definition) is 5. The first-order chi connectivity index (χ1) is 14.7. The molecule has 3 N–H and O–H groups in total. The van der Waals surface area contributed by atoms with Gasteiger partial charge in [-0.2, -0.15) is 5.10 Å². The number of ether oxygens (including phenoxy) is 1. The summed E-state index contributed by atoms with van der Waals surface area (Å²) >= 11 is 0. The van der Waals surface area contributed by atoms with Gasteiger partial charge < -0.3 is 15.4 Å². The lowest BCUT2D eigenvalue weighted by Crippen LogP contribution is -2.36. The summed E-state index contributed by atoms with van der Waals surface area (Å²) in [6.07, 6.45) is 9.29. The van der Waals surface area contributed by atoms with E-state index in [4.69, 9.17) is 4.74 Å². The SMILES string of the molecule is O=C(NCc1ccccn1)OC1CC(c2cc(NC(=O)C3CCCCCC3)n[nH]2)C1. The lowest BCUT2D eigenvalue weighted by molar-refractivity contribution is -0.120. The number of carbonyl (C=O) groups is 2. The number of pyridine rings is 1. The van der Waals surface area contributed by atoms with E-state index in [9.17, 15) is 9.59 Å². The topological polar surface area (TPSA) is 109 Å². The van der Waals surface area contributed by atoms with Crippen molar-refractivity contribution in [1.82, 2.24) is 20.5 Å². The summed E-state index contributed by atoms with van der Waals surface area (Å²) in [5.41, 5.74) is 1.76. The Hall–Kier alpha value is -2.90. The molecule has 2 heterocycles. The fourth-order valence-electron chi connectivity index (χ4n) is 4.15. The highest BCUT2D eigenvalue weighted by molar-refractivity contribution is 5.91. The van der Waals surface area contributed by atoms with E-state index in [2.05, 4.69) is 25.8 Å². The fourth-order valence-corrected chi connectivity index (χ4v) is 4.15. The second kappa shape index (κ2) is 9.73. The molecule has 0 atom stereocenters. The number of anilines is 1. The van der Waals surface area contributed by atoms with E-state index >= 15 is 0 Å². The van der Waals surface area contributed by atoms with E-state index in [1.54, 1.807) is 6.20 Å². The lowest BCUT2D eigenvalue weighted by Gasteiger charge is -2.33. The van der Waals surface area contributed by atoms with Crippen LogP contribution in [0.4, 0.5) is 10.6 Å². The maximum Gasteiger partial charge on any atom is 0.407 e. The van der Waals surface area contributed by atoms with Gasteiger partial charge in [0.2, 0.25) is 5.91 Å². The number of nitrogens with one attached hydrogen (secondary N) is 3. The van der Waals surface area contributed by atoms with Gasteiger partial charge in [-0.1, -0.05) is 31.7 Å². The molecule has 0 radical (unpaired) electrons. The average Bonchev–Trinajstić information content (AvgIpc) is 3.00. The monoisotopic (exact) mass is 411 g/mol. The molecule has 2 fully saturated rings. The molecule has 160 valence electrons. The Balaban J connectivity index is 1.18. The van der Waals surface area contributed by atoms with E-state index < -0.39 is 6.09 Å². The summed E-state index contributed by atoms with van der Waals surface area (Å²) < 4.78 is 5.44. The molecule has 0 unspecified atom stereocenters. The first kappa shape index (κ1) is 20.4. The Bertz CT molecular complexity index is 839. The zero-order valence-corrected chi connectivity index (χ0v) is 17.1. The molecule has 0 aromatic carbocycles. The molecular formula is C22H29N5O3. The van der Waals surface area contributed by atoms with Crippen molar-refractivity contribution in [3.8, 4) is 0 Å². The van der Waals surface area contributed by atoms with Crippen molar-refractivity contribution in [2.24, 2.45) is 5.92 Å². The minimum absolute atomic E-state index is 0.0781. The van der Waals surface area contributed by atoms with Gasteiger partial charge in [-0.15, -0.1) is 0 Å². The molecule has 30 heavy (non-hydrogen) atoms. The zero-order chi connectivity index (χ0) is 20.8. The van der Waals surface area contributed by atoms with E-state index in [1.807, 2.05) is 24.3 Å². The molecule has 2 aliphatic rings. The Morgan fingerprint density at radius 2 is 1.93 bits per heavy atom. The number of hydrogen-bond donors (Lipinski definition) is 3. The van der Waals surface area contributed by atoms with Crippen molar-refractivity contribution < 1.29 is 14.3 Å². The van der Waals surface area contributed by atoms with Gasteiger partial charge in [0.25, 0.3) is 0 Å². The smallest absolute Gasteiger partial charge is 0.407 e. The first-order valence-corrected chi connectivity index (χ1v) is 10.9. The molecule has 2 aromatic rings. The summed E-state index contributed by atoms with van der Waals surface area (Å²) in [5, 5.41) is 12.9. The van der Waals surface area contributed by atoms with Crippen LogP contribution < -0.4 is 10.6 Å². The van der Waals surface area contributed by atoms with Crippen LogP contribution in [0.5, 0.6) is 0 Å². The van der Waals surface area contributed by atoms with Crippen LogP contribution in [0.1, 0.15) is 68.7 Å². The number of aromatic amines is 1. The Labute approximate surface area is 176 Å². The van der Waals surface area contributed by atoms with Crippen LogP contribution >= 0.6 is 0 Å². The second-order valence-corrected chi connectivity index (χ2v) is 8.26. The minimum atomic E-state index is -0.426. The number of amides is 2. The first-order valence-electron chi connectivity index (χ1n) is 10.9. The van der Waals surface area contributed by atoms with E-state index in [0.717, 1.165) is 49.9 Å². The van der Waals surface area contributed by atoms with E-state index in [0.29, 0.717) is 12.4 Å². The van der Waals surface area contributed by atoms with Crippen LogP contribution in [0.3, 0.4) is 0 Å². The Morgan fingerprint density at radius 1 is 1.13 bits per heavy atom. The van der Waals surface area contributed by atoms with Crippen LogP contribution in [0.2, 0.25) is 0 Å². The van der Waals surface area contributed by atoms with Crippen LogP contribution in [-0.4, -0.2) is 33.3 Å². The third-order valence-electron chi connectivity index (χ3n) is 6.02. The van der Waals surface area contributed by atoms with Crippen molar-refractivity contribution in [2.75, 3.05) is 5.32 Å². The number of rotatable bonds is 6. The van der Waals surface area contributed by atoms with Gasteiger partial charge in [0.15, 0.2) is 5.82 Å². The molecule has 0 aliphatic heterocycles. The molecule has 0 saturated heterocycles. The van der Waals surface area contributed by atoms with Gasteiger partial charge in [-0.05, 0) is 37.8 Å². The van der Waals surface area contributed by atoms with Gasteiger partial charge in [0.05, 0.1) is 12.2 Å². The summed E-state index contributed by atoms with van der Waals surface area (Å²) in [6, 6.07) is 7.46. The minimum Gasteiger partial charge on any atom is -0.446 e. The van der Waals surface area contributed by atoms with E-state index in [-0.39, 0.29) is 23.8 Å². The summed E-state index contributed by atoms with van der Waals surface area (Å²) in [7, 11) is 0. The highest BCUT2D eigenvalue weighted by atomic mass is 16.6. The highest BCUT2D eigenvalue weighted by Gasteiger charge is 2.34. The van der Waals surface area contributed by atoms with Crippen molar-refractivity contribution in [3.05, 3.63) is 41.9 Å². The summed E-state index contributed by atoms with van der Waals surface area (Å²) in [5.74, 6) is 1.01. The third-order valence-corrected chi connectivity index (χ3v) is 6.02. The van der Waals surface area contributed by atoms with Crippen molar-refractivity contribution >= 4 is 17.8 Å². The molecule has 8 nitrogen and oxygen atoms in total. The molecule has 2 amide bonds. The maximum atomic E-state index is 12.5.